The van der Waals surface area contributed by atoms with Crippen LogP contribution in [0.15, 0.2) is 54.9 Å². The van der Waals surface area contributed by atoms with Crippen LogP contribution in [0.25, 0.3) is 22.8 Å². The van der Waals surface area contributed by atoms with Crippen molar-refractivity contribution in [3.05, 3.63) is 60.7 Å². The standard InChI is InChI=1S/C18H18N4/c1-18(2,3)17-21-15(13-7-5-4-6-8-13)20-16(22-17)14-9-11-19-12-10-14/h4-12H,1-3H3. The van der Waals surface area contributed by atoms with Crippen LogP contribution in [0.5, 0.6) is 0 Å². The highest BCUT2D eigenvalue weighted by Gasteiger charge is 2.20. The molecule has 2 aromatic heterocycles. The maximum Gasteiger partial charge on any atom is 0.163 e. The smallest absolute Gasteiger partial charge is 0.163 e. The molecule has 0 saturated heterocycles. The van der Waals surface area contributed by atoms with Crippen molar-refractivity contribution >= 4 is 0 Å². The zero-order valence-corrected chi connectivity index (χ0v) is 13.0. The van der Waals surface area contributed by atoms with Gasteiger partial charge in [0.15, 0.2) is 11.6 Å². The van der Waals surface area contributed by atoms with Crippen LogP contribution in [0, 0.1) is 0 Å². The molecule has 3 rings (SSSR count). The number of hydrogen-bond acceptors (Lipinski definition) is 4. The Bertz CT molecular complexity index is 704. The highest BCUT2D eigenvalue weighted by molar-refractivity contribution is 5.60. The van der Waals surface area contributed by atoms with E-state index >= 15 is 0 Å². The van der Waals surface area contributed by atoms with Crippen molar-refractivity contribution in [3.8, 4) is 22.8 Å². The average molecular weight is 290 g/mol. The first-order valence-electron chi connectivity index (χ1n) is 7.26. The van der Waals surface area contributed by atoms with Crippen LogP contribution < -0.4 is 0 Å². The summed E-state index contributed by atoms with van der Waals surface area (Å²) in [6.07, 6.45) is 3.50. The first kappa shape index (κ1) is 14.3. The number of benzene rings is 1. The van der Waals surface area contributed by atoms with Gasteiger partial charge >= 0.3 is 0 Å². The molecule has 0 radical (unpaired) electrons. The van der Waals surface area contributed by atoms with Crippen molar-refractivity contribution in [1.82, 2.24) is 19.9 Å². The first-order chi connectivity index (χ1) is 10.5. The molecule has 22 heavy (non-hydrogen) atoms. The second kappa shape index (κ2) is 5.64. The maximum atomic E-state index is 4.66. The third-order valence-corrected chi connectivity index (χ3v) is 3.28. The second-order valence-electron chi connectivity index (χ2n) is 6.16. The zero-order chi connectivity index (χ0) is 15.6. The fourth-order valence-electron chi connectivity index (χ4n) is 2.06. The molecule has 110 valence electrons. The third kappa shape index (κ3) is 3.01. The summed E-state index contributed by atoms with van der Waals surface area (Å²) < 4.78 is 0. The van der Waals surface area contributed by atoms with Crippen LogP contribution in [0.2, 0.25) is 0 Å². The van der Waals surface area contributed by atoms with Gasteiger partial charge in [0.05, 0.1) is 0 Å². The van der Waals surface area contributed by atoms with Crippen molar-refractivity contribution in [2.45, 2.75) is 26.2 Å². The summed E-state index contributed by atoms with van der Waals surface area (Å²) in [5, 5.41) is 0. The Morgan fingerprint density at radius 2 is 1.23 bits per heavy atom. The summed E-state index contributed by atoms with van der Waals surface area (Å²) in [6, 6.07) is 13.8. The van der Waals surface area contributed by atoms with Gasteiger partial charge in [-0.25, -0.2) is 15.0 Å². The minimum atomic E-state index is -0.145. The molecule has 0 atom stereocenters. The van der Waals surface area contributed by atoms with E-state index in [9.17, 15) is 0 Å². The van der Waals surface area contributed by atoms with Crippen molar-refractivity contribution in [3.63, 3.8) is 0 Å². The summed E-state index contributed by atoms with van der Waals surface area (Å²) in [4.78, 5) is 18.0. The molecule has 0 unspecified atom stereocenters. The molecule has 4 heteroatoms. The molecule has 0 spiro atoms. The molecule has 4 nitrogen and oxygen atoms in total. The summed E-state index contributed by atoms with van der Waals surface area (Å²) in [7, 11) is 0. The molecule has 0 aliphatic heterocycles. The fourth-order valence-corrected chi connectivity index (χ4v) is 2.06. The van der Waals surface area contributed by atoms with E-state index in [-0.39, 0.29) is 5.41 Å². The summed E-state index contributed by atoms with van der Waals surface area (Å²) in [6.45, 7) is 6.31. The van der Waals surface area contributed by atoms with E-state index in [4.69, 9.17) is 0 Å². The van der Waals surface area contributed by atoms with Gasteiger partial charge in [-0.15, -0.1) is 0 Å². The van der Waals surface area contributed by atoms with Gasteiger partial charge in [0.25, 0.3) is 0 Å². The van der Waals surface area contributed by atoms with E-state index in [1.54, 1.807) is 12.4 Å². The molecular weight excluding hydrogens is 272 g/mol. The lowest BCUT2D eigenvalue weighted by Gasteiger charge is -2.18. The minimum absolute atomic E-state index is 0.145. The first-order valence-corrected chi connectivity index (χ1v) is 7.26. The van der Waals surface area contributed by atoms with E-state index < -0.39 is 0 Å². The van der Waals surface area contributed by atoms with Crippen LogP contribution in [-0.4, -0.2) is 19.9 Å². The van der Waals surface area contributed by atoms with Gasteiger partial charge in [0.2, 0.25) is 0 Å². The predicted octanol–water partition coefficient (Wildman–Crippen LogP) is 3.90. The lowest BCUT2D eigenvalue weighted by atomic mass is 9.95. The van der Waals surface area contributed by atoms with Crippen LogP contribution in [0.1, 0.15) is 26.6 Å². The van der Waals surface area contributed by atoms with Gasteiger partial charge in [0, 0.05) is 28.9 Å². The van der Waals surface area contributed by atoms with Crippen molar-refractivity contribution in [1.29, 1.82) is 0 Å². The van der Waals surface area contributed by atoms with Crippen LogP contribution in [0.4, 0.5) is 0 Å². The number of pyridine rings is 1. The number of aromatic nitrogens is 4. The molecule has 0 bridgehead atoms. The molecule has 2 heterocycles. The van der Waals surface area contributed by atoms with Crippen LogP contribution >= 0.6 is 0 Å². The molecule has 0 aliphatic carbocycles. The lowest BCUT2D eigenvalue weighted by molar-refractivity contribution is 0.543. The topological polar surface area (TPSA) is 51.6 Å². The molecule has 0 N–H and O–H groups in total. The third-order valence-electron chi connectivity index (χ3n) is 3.28. The summed E-state index contributed by atoms with van der Waals surface area (Å²) in [5.74, 6) is 2.17. The average Bonchev–Trinajstić information content (AvgIpc) is 2.55. The molecular formula is C18H18N4. The SMILES string of the molecule is CC(C)(C)c1nc(-c2ccccc2)nc(-c2ccncc2)n1. The van der Waals surface area contributed by atoms with Gasteiger partial charge in [-0.2, -0.15) is 0 Å². The van der Waals surface area contributed by atoms with Gasteiger partial charge in [-0.1, -0.05) is 51.1 Å². The minimum Gasteiger partial charge on any atom is -0.265 e. The summed E-state index contributed by atoms with van der Waals surface area (Å²) >= 11 is 0. The van der Waals surface area contributed by atoms with E-state index in [2.05, 4.69) is 40.7 Å². The normalized spacial score (nSPS) is 11.4. The monoisotopic (exact) mass is 290 g/mol. The predicted molar refractivity (Wildman–Crippen MR) is 87.2 cm³/mol. The highest BCUT2D eigenvalue weighted by Crippen LogP contribution is 2.25. The van der Waals surface area contributed by atoms with Crippen molar-refractivity contribution in [2.24, 2.45) is 0 Å². The zero-order valence-electron chi connectivity index (χ0n) is 13.0. The Morgan fingerprint density at radius 3 is 1.77 bits per heavy atom. The quantitative estimate of drug-likeness (QED) is 0.718. The van der Waals surface area contributed by atoms with Crippen LogP contribution in [-0.2, 0) is 5.41 Å². The van der Waals surface area contributed by atoms with Crippen LogP contribution in [0.3, 0.4) is 0 Å². The Labute approximate surface area is 130 Å². The Hall–Kier alpha value is -2.62. The van der Waals surface area contributed by atoms with E-state index in [1.165, 1.54) is 0 Å². The molecule has 3 aromatic rings. The van der Waals surface area contributed by atoms with E-state index in [0.717, 1.165) is 17.0 Å². The highest BCUT2D eigenvalue weighted by atomic mass is 15.0. The Balaban J connectivity index is 2.19. The number of hydrogen-bond donors (Lipinski definition) is 0. The molecule has 0 amide bonds. The lowest BCUT2D eigenvalue weighted by Crippen LogP contribution is -2.18. The molecule has 0 fully saturated rings. The fraction of sp³-hybridized carbons (Fsp3) is 0.222. The molecule has 0 aliphatic rings. The van der Waals surface area contributed by atoms with Crippen molar-refractivity contribution < 1.29 is 0 Å². The van der Waals surface area contributed by atoms with E-state index in [0.29, 0.717) is 11.6 Å². The second-order valence-corrected chi connectivity index (χ2v) is 6.16. The van der Waals surface area contributed by atoms with Gasteiger partial charge in [0.1, 0.15) is 5.82 Å². The Kier molecular flexibility index (Phi) is 3.67. The van der Waals surface area contributed by atoms with Gasteiger partial charge < -0.3 is 0 Å². The van der Waals surface area contributed by atoms with Gasteiger partial charge in [-0.05, 0) is 12.1 Å². The maximum absolute atomic E-state index is 4.66. The largest absolute Gasteiger partial charge is 0.265 e. The van der Waals surface area contributed by atoms with E-state index in [1.807, 2.05) is 42.5 Å². The molecule has 0 saturated carbocycles. The van der Waals surface area contributed by atoms with Gasteiger partial charge in [-0.3, -0.25) is 4.98 Å². The summed E-state index contributed by atoms with van der Waals surface area (Å²) in [5.41, 5.74) is 1.79. The number of rotatable bonds is 2. The van der Waals surface area contributed by atoms with Crippen molar-refractivity contribution in [2.75, 3.05) is 0 Å². The Morgan fingerprint density at radius 1 is 0.682 bits per heavy atom. The molecule has 1 aromatic carbocycles. The number of nitrogens with zero attached hydrogens (tertiary/aromatic N) is 4.